The quantitative estimate of drug-likeness (QED) is 0.519. The molecule has 0 saturated heterocycles. The van der Waals surface area contributed by atoms with E-state index in [4.69, 9.17) is 4.84 Å². The highest BCUT2D eigenvalue weighted by atomic mass is 16.7. The van der Waals surface area contributed by atoms with E-state index < -0.39 is 0 Å². The van der Waals surface area contributed by atoms with Crippen LogP contribution in [0.1, 0.15) is 0 Å². The molecule has 8 heteroatoms. The van der Waals surface area contributed by atoms with E-state index in [1.807, 2.05) is 0 Å². The van der Waals surface area contributed by atoms with Crippen LogP contribution in [0.2, 0.25) is 0 Å². The fraction of sp³-hybridized carbons (Fsp3) is 0. The third kappa shape index (κ3) is 0.623. The van der Waals surface area contributed by atoms with E-state index in [-0.39, 0.29) is 5.95 Å². The van der Waals surface area contributed by atoms with Crippen molar-refractivity contribution in [3.63, 3.8) is 0 Å². The molecule has 1 aromatic heterocycles. The summed E-state index contributed by atoms with van der Waals surface area (Å²) in [6.07, 6.45) is 1.19. The Labute approximate surface area is 54.3 Å². The topological polar surface area (TPSA) is 88.7 Å². The Morgan fingerprint density at radius 2 is 2.60 bits per heavy atom. The molecule has 0 radical (unpaired) electrons. The second-order valence-corrected chi connectivity index (χ2v) is 1.39. The first-order valence-corrected chi connectivity index (χ1v) is 2.36. The Balaban J connectivity index is 2.14. The van der Waals surface area contributed by atoms with E-state index in [1.165, 1.54) is 6.40 Å². The predicted molar refractivity (Wildman–Crippen MR) is 27.3 cm³/mol. The first-order chi connectivity index (χ1) is 4.97. The Morgan fingerprint density at radius 1 is 1.60 bits per heavy atom. The van der Waals surface area contributed by atoms with Crippen LogP contribution in [0.5, 0.6) is 0 Å². The number of rotatable bonds is 1. The average molecular weight is 142 g/mol. The standard InChI is InChI=1S/C2H2N6O2/c1-3-6-8(9-1)2-4-7-10-5-2/h1,6H. The zero-order chi connectivity index (χ0) is 6.81. The van der Waals surface area contributed by atoms with Gasteiger partial charge in [-0.05, 0) is 5.16 Å². The lowest BCUT2D eigenvalue weighted by Gasteiger charge is -2.05. The van der Waals surface area contributed by atoms with E-state index in [1.54, 1.807) is 0 Å². The molecule has 1 aliphatic heterocycles. The lowest BCUT2D eigenvalue weighted by atomic mass is 11.1. The van der Waals surface area contributed by atoms with Gasteiger partial charge in [-0.1, -0.05) is 10.3 Å². The fourth-order valence-electron chi connectivity index (χ4n) is 0.468. The van der Waals surface area contributed by atoms with Crippen molar-refractivity contribution in [2.24, 2.45) is 5.10 Å². The zero-order valence-corrected chi connectivity index (χ0v) is 4.63. The van der Waals surface area contributed by atoms with Gasteiger partial charge in [0, 0.05) is 0 Å². The molecule has 0 fully saturated rings. The van der Waals surface area contributed by atoms with Gasteiger partial charge in [-0.3, -0.25) is 0 Å². The minimum atomic E-state index is 0.164. The van der Waals surface area contributed by atoms with Gasteiger partial charge in [0.1, 0.15) is 0 Å². The zero-order valence-electron chi connectivity index (χ0n) is 4.63. The summed E-state index contributed by atoms with van der Waals surface area (Å²) in [4.78, 5) is 4.70. The van der Waals surface area contributed by atoms with Crippen LogP contribution >= 0.6 is 0 Å². The van der Waals surface area contributed by atoms with Crippen LogP contribution in [0.15, 0.2) is 9.73 Å². The molecule has 2 heterocycles. The monoisotopic (exact) mass is 142 g/mol. The van der Waals surface area contributed by atoms with Crippen LogP contribution in [-0.2, 0) is 4.84 Å². The van der Waals surface area contributed by atoms with Gasteiger partial charge in [-0.25, -0.2) is 4.63 Å². The highest BCUT2D eigenvalue weighted by molar-refractivity contribution is 5.50. The molecule has 1 N–H and O–H groups in total. The van der Waals surface area contributed by atoms with E-state index in [2.05, 4.69) is 30.8 Å². The van der Waals surface area contributed by atoms with Gasteiger partial charge in [0.2, 0.25) is 6.40 Å². The van der Waals surface area contributed by atoms with Crippen LogP contribution in [-0.4, -0.2) is 21.9 Å². The highest BCUT2D eigenvalue weighted by Gasteiger charge is 2.14. The summed E-state index contributed by atoms with van der Waals surface area (Å²) in [7, 11) is 0. The van der Waals surface area contributed by atoms with Gasteiger partial charge in [-0.2, -0.15) is 5.53 Å². The lowest BCUT2D eigenvalue weighted by molar-refractivity contribution is 0.255. The lowest BCUT2D eigenvalue weighted by Crippen LogP contribution is -2.29. The number of anilines is 1. The van der Waals surface area contributed by atoms with Crippen molar-refractivity contribution >= 4 is 12.3 Å². The van der Waals surface area contributed by atoms with Gasteiger partial charge < -0.3 is 4.84 Å². The van der Waals surface area contributed by atoms with E-state index in [0.717, 1.165) is 5.17 Å². The molecule has 0 spiro atoms. The number of aromatic nitrogens is 3. The van der Waals surface area contributed by atoms with Crippen LogP contribution in [0.4, 0.5) is 5.95 Å². The smallest absolute Gasteiger partial charge is 0.341 e. The van der Waals surface area contributed by atoms with Gasteiger partial charge >= 0.3 is 5.95 Å². The van der Waals surface area contributed by atoms with Gasteiger partial charge in [0.15, 0.2) is 0 Å². The molecule has 0 aromatic carbocycles. The van der Waals surface area contributed by atoms with Crippen LogP contribution in [0.25, 0.3) is 0 Å². The van der Waals surface area contributed by atoms with E-state index in [9.17, 15) is 0 Å². The second-order valence-electron chi connectivity index (χ2n) is 1.39. The van der Waals surface area contributed by atoms with Crippen LogP contribution in [0, 0.1) is 0 Å². The first kappa shape index (κ1) is 4.97. The molecular formula is C2H2N6O2. The summed E-state index contributed by atoms with van der Waals surface area (Å²) in [6.45, 7) is 0. The van der Waals surface area contributed by atoms with Gasteiger partial charge in [0.05, 0.1) is 5.27 Å². The molecule has 0 unspecified atom stereocenters. The Bertz CT molecular complexity index is 222. The van der Waals surface area contributed by atoms with E-state index >= 15 is 0 Å². The maximum Gasteiger partial charge on any atom is 0.343 e. The Morgan fingerprint density at radius 3 is 3.20 bits per heavy atom. The molecular weight excluding hydrogens is 140 g/mol. The van der Waals surface area contributed by atoms with Crippen molar-refractivity contribution in [2.75, 3.05) is 5.17 Å². The molecule has 2 rings (SSSR count). The first-order valence-electron chi connectivity index (χ1n) is 2.36. The third-order valence-electron chi connectivity index (χ3n) is 0.825. The maximum atomic E-state index is 4.70. The van der Waals surface area contributed by atoms with Gasteiger partial charge in [0.25, 0.3) is 0 Å². The average Bonchev–Trinajstić information content (AvgIpc) is 2.59. The Hall–Kier alpha value is -1.86. The number of nitrogens with zero attached hydrogens (tertiary/aromatic N) is 5. The number of hydrogen-bond acceptors (Lipinski definition) is 8. The fourth-order valence-corrected chi connectivity index (χ4v) is 0.468. The van der Waals surface area contributed by atoms with Crippen molar-refractivity contribution in [1.29, 1.82) is 0 Å². The van der Waals surface area contributed by atoms with Crippen molar-refractivity contribution < 1.29 is 9.47 Å². The summed E-state index contributed by atoms with van der Waals surface area (Å²) in [6, 6.07) is 0. The molecule has 0 bridgehead atoms. The molecule has 0 amide bonds. The third-order valence-corrected chi connectivity index (χ3v) is 0.825. The normalized spacial score (nSPS) is 15.0. The minimum Gasteiger partial charge on any atom is -0.341 e. The maximum absolute atomic E-state index is 4.70. The van der Waals surface area contributed by atoms with Crippen molar-refractivity contribution in [3.8, 4) is 0 Å². The molecule has 10 heavy (non-hydrogen) atoms. The van der Waals surface area contributed by atoms with Crippen molar-refractivity contribution in [1.82, 2.24) is 21.1 Å². The van der Waals surface area contributed by atoms with Crippen LogP contribution < -0.4 is 10.7 Å². The van der Waals surface area contributed by atoms with Gasteiger partial charge in [-0.15, -0.1) is 5.10 Å². The van der Waals surface area contributed by atoms with Crippen LogP contribution in [0.3, 0.4) is 0 Å². The molecule has 0 saturated carbocycles. The predicted octanol–water partition coefficient (Wildman–Crippen LogP) is -1.34. The number of nitrogens with one attached hydrogen (secondary N) is 1. The van der Waals surface area contributed by atoms with E-state index in [0.29, 0.717) is 0 Å². The summed E-state index contributed by atoms with van der Waals surface area (Å²) in [5.41, 5.74) is 2.41. The molecule has 1 aromatic rings. The van der Waals surface area contributed by atoms with Crippen molar-refractivity contribution in [2.45, 2.75) is 0 Å². The summed E-state index contributed by atoms with van der Waals surface area (Å²) < 4.78 is 4.20. The second kappa shape index (κ2) is 1.83. The summed E-state index contributed by atoms with van der Waals surface area (Å²) >= 11 is 0. The summed E-state index contributed by atoms with van der Waals surface area (Å²) in [5.74, 6) is 0.164. The largest absolute Gasteiger partial charge is 0.343 e. The molecule has 1 aliphatic rings. The molecule has 8 nitrogen and oxygen atoms in total. The number of hydrazone groups is 1. The molecule has 0 aliphatic carbocycles. The molecule has 52 valence electrons. The van der Waals surface area contributed by atoms with Crippen molar-refractivity contribution in [3.05, 3.63) is 0 Å². The highest BCUT2D eigenvalue weighted by Crippen LogP contribution is 2.02. The molecule has 0 atom stereocenters. The summed E-state index contributed by atoms with van der Waals surface area (Å²) in [5, 5.41) is 14.5. The SMILES string of the molecule is C1=NNN(c2nnon2)O1. The minimum absolute atomic E-state index is 0.164. The Kier molecular flexibility index (Phi) is 0.907. The number of hydrazine groups is 1. The number of hydrogen-bond donors (Lipinski definition) is 1.